The molecule has 0 unspecified atom stereocenters. The summed E-state index contributed by atoms with van der Waals surface area (Å²) in [5.41, 5.74) is 0. The van der Waals surface area contributed by atoms with Crippen molar-refractivity contribution in [2.45, 2.75) is 18.8 Å². The lowest BCUT2D eigenvalue weighted by atomic mass is 9.98. The van der Waals surface area contributed by atoms with E-state index in [9.17, 15) is 4.79 Å². The molecule has 3 heterocycles. The Kier molecular flexibility index (Phi) is 4.42. The van der Waals surface area contributed by atoms with Crippen molar-refractivity contribution in [1.82, 2.24) is 20.4 Å². The number of carbonyl (C=O) groups excluding carboxylic acids is 1. The van der Waals surface area contributed by atoms with E-state index in [0.29, 0.717) is 17.5 Å². The third-order valence-electron chi connectivity index (χ3n) is 3.70. The van der Waals surface area contributed by atoms with Crippen molar-refractivity contribution in [3.8, 4) is 0 Å². The molecule has 0 aliphatic carbocycles. The van der Waals surface area contributed by atoms with Gasteiger partial charge in [-0.05, 0) is 25.0 Å². The van der Waals surface area contributed by atoms with Gasteiger partial charge in [0.1, 0.15) is 10.8 Å². The Bertz CT molecular complexity index is 622. The molecule has 1 fully saturated rings. The lowest BCUT2D eigenvalue weighted by Gasteiger charge is -2.31. The van der Waals surface area contributed by atoms with Crippen LogP contribution in [-0.4, -0.2) is 46.9 Å². The first kappa shape index (κ1) is 14.6. The van der Waals surface area contributed by atoms with Crippen molar-refractivity contribution in [3.05, 3.63) is 17.1 Å². The number of hydrogen-bond acceptors (Lipinski definition) is 8. The molecule has 2 aromatic heterocycles. The molecule has 9 heteroatoms. The summed E-state index contributed by atoms with van der Waals surface area (Å²) in [5.74, 6) is 2.06. The minimum atomic E-state index is 0.389. The number of piperidine rings is 1. The first-order valence-electron chi connectivity index (χ1n) is 7.10. The predicted octanol–water partition coefficient (Wildman–Crippen LogP) is 1.32. The van der Waals surface area contributed by atoms with Crippen molar-refractivity contribution in [2.24, 2.45) is 0 Å². The smallest absolute Gasteiger partial charge is 0.213 e. The molecule has 1 aliphatic rings. The SMILES string of the molecule is CNc1ccc(N2CCC(c3nnc(NC=O)s3)CC2)nn1. The molecule has 1 aliphatic heterocycles. The lowest BCUT2D eigenvalue weighted by Crippen LogP contribution is -2.33. The van der Waals surface area contributed by atoms with Gasteiger partial charge in [-0.2, -0.15) is 0 Å². The van der Waals surface area contributed by atoms with Crippen LogP contribution in [0.1, 0.15) is 23.8 Å². The van der Waals surface area contributed by atoms with Crippen LogP contribution in [0.15, 0.2) is 12.1 Å². The molecule has 2 N–H and O–H groups in total. The summed E-state index contributed by atoms with van der Waals surface area (Å²) in [6.45, 7) is 1.82. The fourth-order valence-corrected chi connectivity index (χ4v) is 3.36. The van der Waals surface area contributed by atoms with Crippen LogP contribution in [0, 0.1) is 0 Å². The van der Waals surface area contributed by atoms with E-state index in [-0.39, 0.29) is 0 Å². The summed E-state index contributed by atoms with van der Waals surface area (Å²) in [7, 11) is 1.82. The molecule has 0 spiro atoms. The summed E-state index contributed by atoms with van der Waals surface area (Å²) in [6.07, 6.45) is 2.61. The van der Waals surface area contributed by atoms with E-state index in [1.54, 1.807) is 0 Å². The van der Waals surface area contributed by atoms with E-state index in [1.807, 2.05) is 19.2 Å². The Morgan fingerprint density at radius 2 is 2.05 bits per heavy atom. The second-order valence-corrected chi connectivity index (χ2v) is 6.00. The Balaban J connectivity index is 1.60. The molecule has 0 aromatic carbocycles. The molecule has 0 radical (unpaired) electrons. The van der Waals surface area contributed by atoms with Gasteiger partial charge in [0, 0.05) is 26.1 Å². The van der Waals surface area contributed by atoms with Gasteiger partial charge >= 0.3 is 0 Å². The first-order chi connectivity index (χ1) is 10.8. The Morgan fingerprint density at radius 3 is 2.68 bits per heavy atom. The van der Waals surface area contributed by atoms with Crippen LogP contribution in [-0.2, 0) is 4.79 Å². The van der Waals surface area contributed by atoms with Gasteiger partial charge < -0.3 is 15.5 Å². The minimum absolute atomic E-state index is 0.389. The summed E-state index contributed by atoms with van der Waals surface area (Å²) < 4.78 is 0. The van der Waals surface area contributed by atoms with E-state index in [0.717, 1.165) is 42.6 Å². The topological polar surface area (TPSA) is 95.9 Å². The fourth-order valence-electron chi connectivity index (χ4n) is 2.49. The fraction of sp³-hybridized carbons (Fsp3) is 0.462. The van der Waals surface area contributed by atoms with E-state index < -0.39 is 0 Å². The number of aromatic nitrogens is 4. The van der Waals surface area contributed by atoms with Gasteiger partial charge in [0.2, 0.25) is 11.5 Å². The van der Waals surface area contributed by atoms with Crippen molar-refractivity contribution in [3.63, 3.8) is 0 Å². The van der Waals surface area contributed by atoms with Crippen molar-refractivity contribution < 1.29 is 4.79 Å². The van der Waals surface area contributed by atoms with Gasteiger partial charge in [-0.3, -0.25) is 4.79 Å². The molecule has 0 atom stereocenters. The second-order valence-electron chi connectivity index (χ2n) is 5.00. The molecule has 22 heavy (non-hydrogen) atoms. The zero-order valence-corrected chi connectivity index (χ0v) is 13.0. The van der Waals surface area contributed by atoms with Crippen LogP contribution in [0.25, 0.3) is 0 Å². The minimum Gasteiger partial charge on any atom is -0.372 e. The van der Waals surface area contributed by atoms with E-state index in [2.05, 4.69) is 35.9 Å². The average molecular weight is 319 g/mol. The van der Waals surface area contributed by atoms with E-state index >= 15 is 0 Å². The molecule has 1 amide bonds. The van der Waals surface area contributed by atoms with Gasteiger partial charge in [0.25, 0.3) is 0 Å². The molecule has 116 valence electrons. The summed E-state index contributed by atoms with van der Waals surface area (Å²) in [6, 6.07) is 3.91. The van der Waals surface area contributed by atoms with E-state index in [4.69, 9.17) is 0 Å². The average Bonchev–Trinajstić information content (AvgIpc) is 3.04. The van der Waals surface area contributed by atoms with E-state index in [1.165, 1.54) is 11.3 Å². The number of nitrogens with one attached hydrogen (secondary N) is 2. The van der Waals surface area contributed by atoms with Crippen LogP contribution in [0.2, 0.25) is 0 Å². The van der Waals surface area contributed by atoms with Crippen LogP contribution < -0.4 is 15.5 Å². The maximum absolute atomic E-state index is 10.4. The third kappa shape index (κ3) is 3.14. The number of nitrogens with zero attached hydrogens (tertiary/aromatic N) is 5. The van der Waals surface area contributed by atoms with Crippen LogP contribution >= 0.6 is 11.3 Å². The predicted molar refractivity (Wildman–Crippen MR) is 85.4 cm³/mol. The second kappa shape index (κ2) is 6.65. The third-order valence-corrected chi connectivity index (χ3v) is 4.71. The monoisotopic (exact) mass is 319 g/mol. The zero-order chi connectivity index (χ0) is 15.4. The molecule has 3 rings (SSSR count). The van der Waals surface area contributed by atoms with Gasteiger partial charge in [0.15, 0.2) is 5.82 Å². The van der Waals surface area contributed by atoms with Crippen LogP contribution in [0.5, 0.6) is 0 Å². The number of hydrogen-bond donors (Lipinski definition) is 2. The quantitative estimate of drug-likeness (QED) is 0.802. The molecular weight excluding hydrogens is 302 g/mol. The maximum atomic E-state index is 10.4. The normalized spacial score (nSPS) is 15.6. The Labute approximate surface area is 132 Å². The molecule has 0 bridgehead atoms. The van der Waals surface area contributed by atoms with Gasteiger partial charge in [-0.1, -0.05) is 11.3 Å². The number of anilines is 3. The zero-order valence-electron chi connectivity index (χ0n) is 12.2. The molecule has 2 aromatic rings. The summed E-state index contributed by atoms with van der Waals surface area (Å²) in [4.78, 5) is 12.6. The molecular formula is C13H17N7OS. The van der Waals surface area contributed by atoms with Crippen LogP contribution in [0.3, 0.4) is 0 Å². The molecule has 8 nitrogen and oxygen atoms in total. The number of carbonyl (C=O) groups is 1. The van der Waals surface area contributed by atoms with Crippen molar-refractivity contribution in [1.29, 1.82) is 0 Å². The Morgan fingerprint density at radius 1 is 1.23 bits per heavy atom. The van der Waals surface area contributed by atoms with Crippen molar-refractivity contribution >= 4 is 34.5 Å². The highest BCUT2D eigenvalue weighted by Gasteiger charge is 2.24. The maximum Gasteiger partial charge on any atom is 0.213 e. The highest BCUT2D eigenvalue weighted by Crippen LogP contribution is 2.32. The summed E-state index contributed by atoms with van der Waals surface area (Å²) in [5, 5.41) is 23.5. The van der Waals surface area contributed by atoms with Crippen molar-refractivity contribution in [2.75, 3.05) is 35.7 Å². The highest BCUT2D eigenvalue weighted by molar-refractivity contribution is 7.15. The standard InChI is InChI=1S/C13H17N7OS/c1-14-10-2-3-11(17-16-10)20-6-4-9(5-7-20)12-18-19-13(22-12)15-8-21/h2-3,8-9H,4-7H2,1H3,(H,14,16)(H,15,19,21). The van der Waals surface area contributed by atoms with Gasteiger partial charge in [-0.15, -0.1) is 20.4 Å². The van der Waals surface area contributed by atoms with Crippen LogP contribution in [0.4, 0.5) is 16.8 Å². The van der Waals surface area contributed by atoms with Gasteiger partial charge in [0.05, 0.1) is 0 Å². The molecule has 1 saturated heterocycles. The largest absolute Gasteiger partial charge is 0.372 e. The first-order valence-corrected chi connectivity index (χ1v) is 7.92. The lowest BCUT2D eigenvalue weighted by molar-refractivity contribution is -0.105. The number of amides is 1. The summed E-state index contributed by atoms with van der Waals surface area (Å²) >= 11 is 1.45. The molecule has 0 saturated carbocycles. The highest BCUT2D eigenvalue weighted by atomic mass is 32.1. The van der Waals surface area contributed by atoms with Gasteiger partial charge in [-0.25, -0.2) is 0 Å². The number of rotatable bonds is 5. The Hall–Kier alpha value is -2.29.